The van der Waals surface area contributed by atoms with Crippen molar-refractivity contribution in [3.63, 3.8) is 0 Å². The average Bonchev–Trinajstić information content (AvgIpc) is 2.41. The van der Waals surface area contributed by atoms with Gasteiger partial charge in [-0.3, -0.25) is 10.1 Å². The number of benzene rings is 1. The van der Waals surface area contributed by atoms with E-state index in [0.717, 1.165) is 12.0 Å². The Morgan fingerprint density at radius 2 is 1.90 bits per heavy atom. The average molecular weight is 279 g/mol. The molecular formula is C14H21N3O3. The maximum atomic E-state index is 11.5. The third kappa shape index (κ3) is 4.55. The summed E-state index contributed by atoms with van der Waals surface area (Å²) in [6.45, 7) is 3.65. The van der Waals surface area contributed by atoms with Gasteiger partial charge in [0.2, 0.25) is 0 Å². The zero-order chi connectivity index (χ0) is 15.1. The van der Waals surface area contributed by atoms with Crippen molar-refractivity contribution in [1.29, 1.82) is 0 Å². The first-order valence-corrected chi connectivity index (χ1v) is 6.52. The van der Waals surface area contributed by atoms with Crippen LogP contribution >= 0.6 is 0 Å². The van der Waals surface area contributed by atoms with Gasteiger partial charge in [0, 0.05) is 6.04 Å². The van der Waals surface area contributed by atoms with E-state index in [-0.39, 0.29) is 0 Å². The van der Waals surface area contributed by atoms with Crippen molar-refractivity contribution in [2.75, 3.05) is 7.05 Å². The summed E-state index contributed by atoms with van der Waals surface area (Å²) in [5, 5.41) is 5.19. The van der Waals surface area contributed by atoms with Crippen LogP contribution in [0.3, 0.4) is 0 Å². The molecule has 4 N–H and O–H groups in total. The van der Waals surface area contributed by atoms with Gasteiger partial charge in [0.15, 0.2) is 6.10 Å². The highest BCUT2D eigenvalue weighted by atomic mass is 16.5. The second-order valence-electron chi connectivity index (χ2n) is 4.43. The van der Waals surface area contributed by atoms with Crippen LogP contribution in [0.5, 0.6) is 5.75 Å². The summed E-state index contributed by atoms with van der Waals surface area (Å²) in [7, 11) is 1.91. The molecule has 0 fully saturated rings. The van der Waals surface area contributed by atoms with Gasteiger partial charge in [-0.1, -0.05) is 19.1 Å². The molecule has 3 amide bonds. The largest absolute Gasteiger partial charge is 0.481 e. The first-order valence-electron chi connectivity index (χ1n) is 6.52. The molecule has 6 heteroatoms. The van der Waals surface area contributed by atoms with Gasteiger partial charge in [-0.15, -0.1) is 0 Å². The fourth-order valence-electron chi connectivity index (χ4n) is 1.87. The number of carbonyl (C=O) groups is 2. The zero-order valence-electron chi connectivity index (χ0n) is 12.0. The molecule has 0 spiro atoms. The fourth-order valence-corrected chi connectivity index (χ4v) is 1.87. The van der Waals surface area contributed by atoms with Crippen molar-refractivity contribution in [2.24, 2.45) is 5.73 Å². The number of hydrogen-bond acceptors (Lipinski definition) is 4. The minimum Gasteiger partial charge on any atom is -0.481 e. The first-order chi connectivity index (χ1) is 9.47. The summed E-state index contributed by atoms with van der Waals surface area (Å²) in [5.41, 5.74) is 6.02. The van der Waals surface area contributed by atoms with Gasteiger partial charge in [-0.2, -0.15) is 0 Å². The molecule has 20 heavy (non-hydrogen) atoms. The van der Waals surface area contributed by atoms with Crippen LogP contribution in [-0.2, 0) is 4.79 Å². The highest BCUT2D eigenvalue weighted by Crippen LogP contribution is 2.20. The second kappa shape index (κ2) is 7.49. The molecule has 2 atom stereocenters. The van der Waals surface area contributed by atoms with Crippen LogP contribution < -0.4 is 21.1 Å². The number of primary amides is 1. The standard InChI is InChI=1S/C14H21N3O3/c1-4-12(16-3)10-5-7-11(8-6-10)20-9(2)13(18)17-14(15)19/h5-9,12,16H,4H2,1-3H3,(H3,15,17,18,19). The van der Waals surface area contributed by atoms with Crippen molar-refractivity contribution in [3.05, 3.63) is 29.8 Å². The van der Waals surface area contributed by atoms with E-state index in [0.29, 0.717) is 11.8 Å². The van der Waals surface area contributed by atoms with Gasteiger partial charge >= 0.3 is 6.03 Å². The normalized spacial score (nSPS) is 13.3. The Labute approximate surface area is 118 Å². The van der Waals surface area contributed by atoms with Gasteiger partial charge in [0.25, 0.3) is 5.91 Å². The Morgan fingerprint density at radius 3 is 2.35 bits per heavy atom. The molecule has 0 radical (unpaired) electrons. The Balaban J connectivity index is 2.65. The van der Waals surface area contributed by atoms with Gasteiger partial charge in [0.05, 0.1) is 0 Å². The van der Waals surface area contributed by atoms with E-state index < -0.39 is 18.0 Å². The Hall–Kier alpha value is -2.08. The van der Waals surface area contributed by atoms with E-state index in [4.69, 9.17) is 10.5 Å². The summed E-state index contributed by atoms with van der Waals surface area (Å²) in [5.74, 6) is -0.00457. The molecule has 0 saturated heterocycles. The smallest absolute Gasteiger partial charge is 0.318 e. The molecule has 0 heterocycles. The zero-order valence-corrected chi connectivity index (χ0v) is 12.0. The number of amides is 3. The van der Waals surface area contributed by atoms with Gasteiger partial charge < -0.3 is 15.8 Å². The minimum atomic E-state index is -0.888. The van der Waals surface area contributed by atoms with Crippen LogP contribution in [0, 0.1) is 0 Å². The molecule has 6 nitrogen and oxygen atoms in total. The van der Waals surface area contributed by atoms with E-state index in [1.807, 2.05) is 24.5 Å². The number of urea groups is 1. The van der Waals surface area contributed by atoms with E-state index in [1.165, 1.54) is 0 Å². The summed E-state index contributed by atoms with van der Waals surface area (Å²) in [4.78, 5) is 22.1. The predicted octanol–water partition coefficient (Wildman–Crippen LogP) is 1.32. The van der Waals surface area contributed by atoms with E-state index in [2.05, 4.69) is 12.2 Å². The third-order valence-corrected chi connectivity index (χ3v) is 2.97. The molecule has 1 aromatic rings. The quantitative estimate of drug-likeness (QED) is 0.732. The maximum absolute atomic E-state index is 11.5. The minimum absolute atomic E-state index is 0.291. The summed E-state index contributed by atoms with van der Waals surface area (Å²) in [6, 6.07) is 6.88. The lowest BCUT2D eigenvalue weighted by Crippen LogP contribution is -2.42. The lowest BCUT2D eigenvalue weighted by molar-refractivity contribution is -0.126. The van der Waals surface area contributed by atoms with Crippen LogP contribution in [0.25, 0.3) is 0 Å². The Bertz CT molecular complexity index is 455. The Kier molecular flexibility index (Phi) is 5.99. The highest BCUT2D eigenvalue weighted by molar-refractivity contribution is 5.95. The SMILES string of the molecule is CCC(NC)c1ccc(OC(C)C(=O)NC(N)=O)cc1. The molecule has 2 unspecified atom stereocenters. The van der Waals surface area contributed by atoms with Crippen LogP contribution in [-0.4, -0.2) is 25.1 Å². The predicted molar refractivity (Wildman–Crippen MR) is 76.3 cm³/mol. The van der Waals surface area contributed by atoms with Gasteiger partial charge in [-0.25, -0.2) is 4.79 Å². The molecule has 0 aliphatic heterocycles. The summed E-state index contributed by atoms with van der Waals surface area (Å²) < 4.78 is 5.44. The Morgan fingerprint density at radius 1 is 1.30 bits per heavy atom. The lowest BCUT2D eigenvalue weighted by atomic mass is 10.0. The maximum Gasteiger partial charge on any atom is 0.318 e. The molecule has 0 bridgehead atoms. The lowest BCUT2D eigenvalue weighted by Gasteiger charge is -2.16. The van der Waals surface area contributed by atoms with Crippen LogP contribution in [0.1, 0.15) is 31.9 Å². The van der Waals surface area contributed by atoms with Gasteiger partial charge in [0.1, 0.15) is 5.75 Å². The first kappa shape index (κ1) is 16.0. The van der Waals surface area contributed by atoms with Crippen molar-refractivity contribution in [1.82, 2.24) is 10.6 Å². The number of imide groups is 1. The fraction of sp³-hybridized carbons (Fsp3) is 0.429. The molecule has 0 aliphatic rings. The molecule has 0 aliphatic carbocycles. The molecule has 0 aromatic heterocycles. The van der Waals surface area contributed by atoms with E-state index in [9.17, 15) is 9.59 Å². The van der Waals surface area contributed by atoms with Crippen LogP contribution in [0.2, 0.25) is 0 Å². The molecule has 110 valence electrons. The number of nitrogens with one attached hydrogen (secondary N) is 2. The number of carbonyl (C=O) groups excluding carboxylic acids is 2. The third-order valence-electron chi connectivity index (χ3n) is 2.97. The molecule has 1 rings (SSSR count). The molecule has 0 saturated carbocycles. The molecule has 1 aromatic carbocycles. The monoisotopic (exact) mass is 279 g/mol. The van der Waals surface area contributed by atoms with E-state index in [1.54, 1.807) is 19.1 Å². The second-order valence-corrected chi connectivity index (χ2v) is 4.43. The van der Waals surface area contributed by atoms with Crippen molar-refractivity contribution in [3.8, 4) is 5.75 Å². The number of ether oxygens (including phenoxy) is 1. The van der Waals surface area contributed by atoms with E-state index >= 15 is 0 Å². The number of nitrogens with two attached hydrogens (primary N) is 1. The van der Waals surface area contributed by atoms with Crippen molar-refractivity contribution >= 4 is 11.9 Å². The van der Waals surface area contributed by atoms with Crippen molar-refractivity contribution in [2.45, 2.75) is 32.4 Å². The summed E-state index contributed by atoms with van der Waals surface area (Å²) >= 11 is 0. The highest BCUT2D eigenvalue weighted by Gasteiger charge is 2.16. The summed E-state index contributed by atoms with van der Waals surface area (Å²) in [6.07, 6.45) is 0.188. The van der Waals surface area contributed by atoms with Crippen LogP contribution in [0.15, 0.2) is 24.3 Å². The molecular weight excluding hydrogens is 258 g/mol. The number of rotatable bonds is 6. The van der Waals surface area contributed by atoms with Gasteiger partial charge in [-0.05, 0) is 38.1 Å². The van der Waals surface area contributed by atoms with Crippen molar-refractivity contribution < 1.29 is 14.3 Å². The topological polar surface area (TPSA) is 93.4 Å². The van der Waals surface area contributed by atoms with Crippen LogP contribution in [0.4, 0.5) is 4.79 Å². The number of hydrogen-bond donors (Lipinski definition) is 3.